The maximum Gasteiger partial charge on any atom is 0.404 e. The van der Waals surface area contributed by atoms with Crippen molar-refractivity contribution in [2.75, 3.05) is 18.1 Å². The molecule has 0 radical (unpaired) electrons. The van der Waals surface area contributed by atoms with E-state index in [2.05, 4.69) is 54.0 Å². The van der Waals surface area contributed by atoms with Crippen molar-refractivity contribution in [1.29, 1.82) is 0 Å². The van der Waals surface area contributed by atoms with E-state index in [9.17, 15) is 4.79 Å². The predicted molar refractivity (Wildman–Crippen MR) is 132 cm³/mol. The molecule has 9 nitrogen and oxygen atoms in total. The van der Waals surface area contributed by atoms with Crippen molar-refractivity contribution in [1.82, 2.24) is 25.1 Å². The Morgan fingerprint density at radius 2 is 2.00 bits per heavy atom. The number of rotatable bonds is 6. The van der Waals surface area contributed by atoms with Gasteiger partial charge in [0.1, 0.15) is 5.82 Å². The number of anilines is 1. The molecule has 4 rings (SSSR count). The normalized spacial score (nSPS) is 23.7. The highest BCUT2D eigenvalue weighted by molar-refractivity contribution is 6.74. The number of aromatic nitrogens is 4. The van der Waals surface area contributed by atoms with Gasteiger partial charge in [-0.2, -0.15) is 15.1 Å². The Hall–Kier alpha value is -1.91. The van der Waals surface area contributed by atoms with Crippen LogP contribution >= 0.6 is 11.6 Å². The Morgan fingerprint density at radius 1 is 1.30 bits per heavy atom. The number of hydrogen-bond acceptors (Lipinski definition) is 6. The number of nitrogens with one attached hydrogen (secondary N) is 1. The number of amides is 1. The van der Waals surface area contributed by atoms with Crippen LogP contribution < -0.4 is 10.2 Å². The molecule has 1 atom stereocenters. The van der Waals surface area contributed by atoms with Crippen molar-refractivity contribution in [3.63, 3.8) is 0 Å². The van der Waals surface area contributed by atoms with Gasteiger partial charge in [0, 0.05) is 12.6 Å². The van der Waals surface area contributed by atoms with Gasteiger partial charge < -0.3 is 19.7 Å². The van der Waals surface area contributed by atoms with Gasteiger partial charge >= 0.3 is 6.09 Å². The van der Waals surface area contributed by atoms with Crippen molar-refractivity contribution in [2.24, 2.45) is 0 Å². The van der Waals surface area contributed by atoms with E-state index in [1.54, 1.807) is 0 Å². The van der Waals surface area contributed by atoms with E-state index in [1.807, 2.05) is 11.6 Å². The van der Waals surface area contributed by atoms with Crippen LogP contribution in [0.2, 0.25) is 23.4 Å². The number of aryl methyl sites for hydroxylation is 1. The molecule has 2 aromatic rings. The third-order valence-electron chi connectivity index (χ3n) is 7.56. The van der Waals surface area contributed by atoms with E-state index in [4.69, 9.17) is 26.2 Å². The molecule has 1 saturated carbocycles. The molecule has 1 aliphatic heterocycles. The summed E-state index contributed by atoms with van der Waals surface area (Å²) in [6.45, 7) is 14.9. The molecular formula is C22H35ClN6O3Si. The molecule has 11 heteroatoms. The fraction of sp³-hybridized carbons (Fsp3) is 0.727. The van der Waals surface area contributed by atoms with Crippen LogP contribution in [0.3, 0.4) is 0 Å². The molecule has 1 amide bonds. The molecule has 33 heavy (non-hydrogen) atoms. The lowest BCUT2D eigenvalue weighted by atomic mass is 9.87. The zero-order chi connectivity index (χ0) is 24.1. The SMILES string of the molecule is Cc1nn([C@H]2C[C@H](NC(=O)O)C2)c2nc(Cl)nc(N3CCC[C@H]3CO[Si](C)(C)C(C)(C)C)c12. The van der Waals surface area contributed by atoms with Crippen molar-refractivity contribution in [2.45, 2.75) is 89.6 Å². The van der Waals surface area contributed by atoms with E-state index >= 15 is 0 Å². The van der Waals surface area contributed by atoms with Gasteiger partial charge in [-0.15, -0.1) is 0 Å². The van der Waals surface area contributed by atoms with Crippen LogP contribution in [-0.4, -0.2) is 64.5 Å². The Labute approximate surface area is 201 Å². The molecule has 0 spiro atoms. The summed E-state index contributed by atoms with van der Waals surface area (Å²) in [5, 5.41) is 17.6. The molecule has 0 bridgehead atoms. The fourth-order valence-electron chi connectivity index (χ4n) is 4.51. The van der Waals surface area contributed by atoms with Crippen molar-refractivity contribution < 1.29 is 14.3 Å². The third-order valence-corrected chi connectivity index (χ3v) is 12.2. The lowest BCUT2D eigenvalue weighted by Gasteiger charge is -2.38. The van der Waals surface area contributed by atoms with Gasteiger partial charge in [0.25, 0.3) is 0 Å². The molecule has 1 saturated heterocycles. The number of halogens is 1. The molecular weight excluding hydrogens is 460 g/mol. The Balaban J connectivity index is 1.60. The zero-order valence-corrected chi connectivity index (χ0v) is 22.1. The number of carboxylic acid groups (broad SMARTS) is 1. The van der Waals surface area contributed by atoms with Gasteiger partial charge in [-0.1, -0.05) is 20.8 Å². The second-order valence-corrected chi connectivity index (χ2v) is 16.0. The maximum atomic E-state index is 10.9. The molecule has 182 valence electrons. The third kappa shape index (κ3) is 4.70. The summed E-state index contributed by atoms with van der Waals surface area (Å²) >= 11 is 6.40. The Kier molecular flexibility index (Phi) is 6.39. The molecule has 1 aliphatic carbocycles. The highest BCUT2D eigenvalue weighted by Gasteiger charge is 2.40. The zero-order valence-electron chi connectivity index (χ0n) is 20.4. The van der Waals surface area contributed by atoms with Gasteiger partial charge in [-0.3, -0.25) is 0 Å². The number of fused-ring (bicyclic) bond motifs is 1. The number of carbonyl (C=O) groups is 1. The first-order chi connectivity index (χ1) is 15.4. The highest BCUT2D eigenvalue weighted by atomic mass is 35.5. The minimum Gasteiger partial charge on any atom is -0.465 e. The minimum atomic E-state index is -1.85. The van der Waals surface area contributed by atoms with Crippen LogP contribution in [0.25, 0.3) is 11.0 Å². The summed E-state index contributed by atoms with van der Waals surface area (Å²) < 4.78 is 8.46. The van der Waals surface area contributed by atoms with Crippen LogP contribution in [0.1, 0.15) is 58.2 Å². The summed E-state index contributed by atoms with van der Waals surface area (Å²) in [6.07, 6.45) is 2.51. The maximum absolute atomic E-state index is 10.9. The van der Waals surface area contributed by atoms with Gasteiger partial charge in [0.15, 0.2) is 14.0 Å². The monoisotopic (exact) mass is 494 g/mol. The largest absolute Gasteiger partial charge is 0.465 e. The summed E-state index contributed by atoms with van der Waals surface area (Å²) in [5.74, 6) is 0.828. The topological polar surface area (TPSA) is 105 Å². The quantitative estimate of drug-likeness (QED) is 0.441. The Morgan fingerprint density at radius 3 is 2.64 bits per heavy atom. The van der Waals surface area contributed by atoms with E-state index < -0.39 is 14.4 Å². The van der Waals surface area contributed by atoms with E-state index in [-0.39, 0.29) is 28.4 Å². The summed E-state index contributed by atoms with van der Waals surface area (Å²) in [5.41, 5.74) is 1.58. The van der Waals surface area contributed by atoms with E-state index in [0.29, 0.717) is 19.4 Å². The molecule has 0 unspecified atom stereocenters. The van der Waals surface area contributed by atoms with Gasteiger partial charge in [-0.05, 0) is 62.3 Å². The first-order valence-electron chi connectivity index (χ1n) is 11.7. The van der Waals surface area contributed by atoms with Gasteiger partial charge in [0.2, 0.25) is 5.28 Å². The number of hydrogen-bond donors (Lipinski definition) is 2. The Bertz CT molecular complexity index is 1050. The second kappa shape index (κ2) is 8.70. The van der Waals surface area contributed by atoms with E-state index in [0.717, 1.165) is 41.9 Å². The summed E-state index contributed by atoms with van der Waals surface area (Å²) in [6, 6.07) is 0.274. The molecule has 2 aromatic heterocycles. The lowest BCUT2D eigenvalue weighted by Crippen LogP contribution is -2.45. The summed E-state index contributed by atoms with van der Waals surface area (Å²) in [7, 11) is -1.85. The van der Waals surface area contributed by atoms with Crippen molar-refractivity contribution in [3.8, 4) is 0 Å². The van der Waals surface area contributed by atoms with Crippen LogP contribution in [-0.2, 0) is 4.43 Å². The predicted octanol–water partition coefficient (Wildman–Crippen LogP) is 4.75. The molecule has 2 fully saturated rings. The highest BCUT2D eigenvalue weighted by Crippen LogP contribution is 2.40. The summed E-state index contributed by atoms with van der Waals surface area (Å²) in [4.78, 5) is 22.4. The average molecular weight is 495 g/mol. The first-order valence-corrected chi connectivity index (χ1v) is 15.0. The van der Waals surface area contributed by atoms with E-state index in [1.165, 1.54) is 0 Å². The van der Waals surface area contributed by atoms with Crippen LogP contribution in [0.5, 0.6) is 0 Å². The van der Waals surface area contributed by atoms with Crippen molar-refractivity contribution >= 4 is 42.9 Å². The molecule has 0 aromatic carbocycles. The fourth-order valence-corrected chi connectivity index (χ4v) is 5.71. The molecule has 2 aliphatic rings. The van der Waals surface area contributed by atoms with Crippen LogP contribution in [0.15, 0.2) is 0 Å². The van der Waals surface area contributed by atoms with Crippen LogP contribution in [0, 0.1) is 6.92 Å². The first kappa shape index (κ1) is 24.2. The van der Waals surface area contributed by atoms with Crippen LogP contribution in [0.4, 0.5) is 10.6 Å². The van der Waals surface area contributed by atoms with Gasteiger partial charge in [-0.25, -0.2) is 9.48 Å². The smallest absolute Gasteiger partial charge is 0.404 e. The molecule has 2 N–H and O–H groups in total. The second-order valence-electron chi connectivity index (χ2n) is 10.9. The average Bonchev–Trinajstić information content (AvgIpc) is 3.26. The van der Waals surface area contributed by atoms with Crippen molar-refractivity contribution in [3.05, 3.63) is 11.0 Å². The lowest BCUT2D eigenvalue weighted by molar-refractivity contribution is 0.165. The minimum absolute atomic E-state index is 0.0562. The van der Waals surface area contributed by atoms with Gasteiger partial charge in [0.05, 0.1) is 29.8 Å². The number of nitrogens with zero attached hydrogens (tertiary/aromatic N) is 5. The molecule has 3 heterocycles. The standard InChI is InChI=1S/C22H35ClN6O3Si/c1-13-17-18(28-9-7-8-15(28)12-32-33(5,6)22(2,3)4)25-20(23)26-19(17)29(27-13)16-10-14(11-16)24-21(30)31/h14-16,24H,7-12H2,1-6H3,(H,30,31)/t14-,15-,16-/m0/s1.